The fourth-order valence-electron chi connectivity index (χ4n) is 3.74. The summed E-state index contributed by atoms with van der Waals surface area (Å²) in [6.45, 7) is 10.4. The first-order valence-electron chi connectivity index (χ1n) is 10.5. The summed E-state index contributed by atoms with van der Waals surface area (Å²) in [7, 11) is 1.63. The van der Waals surface area contributed by atoms with Crippen molar-refractivity contribution < 1.29 is 19.4 Å². The molecule has 1 atom stereocenters. The average Bonchev–Trinajstić information content (AvgIpc) is 2.71. The second-order valence-corrected chi connectivity index (χ2v) is 8.78. The van der Waals surface area contributed by atoms with E-state index in [-0.39, 0.29) is 5.97 Å². The van der Waals surface area contributed by atoms with Gasteiger partial charge in [-0.25, -0.2) is 0 Å². The van der Waals surface area contributed by atoms with Crippen molar-refractivity contribution in [3.63, 3.8) is 0 Å². The molecule has 164 valence electrons. The number of β-amino-alcohol motifs (C(OH)–C–C–N with tert-alkyl or cyclic N) is 1. The molecule has 0 aliphatic carbocycles. The lowest BCUT2D eigenvalue weighted by Crippen LogP contribution is -2.48. The fourth-order valence-corrected chi connectivity index (χ4v) is 3.74. The Kier molecular flexibility index (Phi) is 7.28. The largest absolute Gasteiger partial charge is 0.497 e. The molecule has 1 fully saturated rings. The number of benzene rings is 1. The molecule has 1 aromatic carbocycles. The van der Waals surface area contributed by atoms with Crippen LogP contribution in [0.25, 0.3) is 10.9 Å². The molecule has 2 heterocycles. The molecule has 2 aromatic rings. The van der Waals surface area contributed by atoms with E-state index >= 15 is 0 Å². The van der Waals surface area contributed by atoms with Crippen molar-refractivity contribution in [2.45, 2.75) is 38.9 Å². The van der Waals surface area contributed by atoms with Gasteiger partial charge < -0.3 is 19.5 Å². The highest BCUT2D eigenvalue weighted by atomic mass is 16.6. The minimum Gasteiger partial charge on any atom is -0.497 e. The summed E-state index contributed by atoms with van der Waals surface area (Å²) in [5.41, 5.74) is 1.28. The monoisotopic (exact) mass is 415 g/mol. The Hall–Kier alpha value is -2.22. The van der Waals surface area contributed by atoms with E-state index in [4.69, 9.17) is 9.47 Å². The number of ether oxygens (including phenoxy) is 2. The molecule has 1 saturated heterocycles. The van der Waals surface area contributed by atoms with Crippen LogP contribution in [-0.2, 0) is 9.53 Å². The predicted octanol–water partition coefficient (Wildman–Crippen LogP) is 2.63. The van der Waals surface area contributed by atoms with E-state index in [0.717, 1.165) is 48.4 Å². The number of nitrogens with zero attached hydrogens (tertiary/aromatic N) is 3. The van der Waals surface area contributed by atoms with Crippen molar-refractivity contribution in [3.8, 4) is 5.75 Å². The van der Waals surface area contributed by atoms with Crippen LogP contribution < -0.4 is 4.74 Å². The molecule has 3 rings (SSSR count). The number of piperazine rings is 1. The molecule has 0 spiro atoms. The Morgan fingerprint density at radius 3 is 2.53 bits per heavy atom. The van der Waals surface area contributed by atoms with E-state index in [0.29, 0.717) is 19.5 Å². The number of carbonyl (C=O) groups is 1. The maximum Gasteiger partial charge on any atom is 0.307 e. The van der Waals surface area contributed by atoms with E-state index in [1.165, 1.54) is 0 Å². The quantitative estimate of drug-likeness (QED) is 0.697. The summed E-state index contributed by atoms with van der Waals surface area (Å²) in [5, 5.41) is 11.8. The maximum atomic E-state index is 11.9. The summed E-state index contributed by atoms with van der Waals surface area (Å²) in [6, 6.07) is 7.59. The molecule has 0 amide bonds. The lowest BCUT2D eigenvalue weighted by Gasteiger charge is -2.35. The normalized spacial score (nSPS) is 17.1. The number of rotatable bonds is 7. The van der Waals surface area contributed by atoms with Gasteiger partial charge in [-0.05, 0) is 50.6 Å². The van der Waals surface area contributed by atoms with Crippen molar-refractivity contribution in [1.29, 1.82) is 0 Å². The second-order valence-electron chi connectivity index (χ2n) is 8.78. The third-order valence-corrected chi connectivity index (χ3v) is 5.29. The molecule has 1 aliphatic heterocycles. The van der Waals surface area contributed by atoms with Crippen LogP contribution >= 0.6 is 0 Å². The number of methoxy groups -OCH3 is 1. The summed E-state index contributed by atoms with van der Waals surface area (Å²) in [6.07, 6.45) is 1.54. The molecule has 1 aliphatic rings. The van der Waals surface area contributed by atoms with E-state index in [2.05, 4.69) is 14.8 Å². The van der Waals surface area contributed by atoms with Gasteiger partial charge in [-0.3, -0.25) is 14.7 Å². The third-order valence-electron chi connectivity index (χ3n) is 5.29. The first-order valence-corrected chi connectivity index (χ1v) is 10.5. The van der Waals surface area contributed by atoms with Crippen molar-refractivity contribution in [3.05, 3.63) is 36.0 Å². The highest BCUT2D eigenvalue weighted by Crippen LogP contribution is 2.27. The molecule has 30 heavy (non-hydrogen) atoms. The Balaban J connectivity index is 1.52. The lowest BCUT2D eigenvalue weighted by atomic mass is 10.0. The minimum atomic E-state index is -0.601. The Bertz CT molecular complexity index is 857. The number of hydrogen-bond acceptors (Lipinski definition) is 7. The molecular weight excluding hydrogens is 382 g/mol. The van der Waals surface area contributed by atoms with E-state index in [1.54, 1.807) is 13.3 Å². The van der Waals surface area contributed by atoms with Gasteiger partial charge in [-0.15, -0.1) is 0 Å². The molecule has 0 unspecified atom stereocenters. The van der Waals surface area contributed by atoms with Gasteiger partial charge in [0.05, 0.1) is 25.2 Å². The Labute approximate surface area is 178 Å². The molecule has 1 N–H and O–H groups in total. The average molecular weight is 416 g/mol. The van der Waals surface area contributed by atoms with Crippen LogP contribution in [0.1, 0.15) is 38.9 Å². The van der Waals surface area contributed by atoms with Crippen LogP contribution in [0.15, 0.2) is 30.5 Å². The molecular formula is C23H33N3O4. The minimum absolute atomic E-state index is 0.152. The zero-order valence-electron chi connectivity index (χ0n) is 18.4. The topological polar surface area (TPSA) is 75.1 Å². The molecule has 7 nitrogen and oxygen atoms in total. The van der Waals surface area contributed by atoms with Crippen LogP contribution in [0.2, 0.25) is 0 Å². The highest BCUT2D eigenvalue weighted by Gasteiger charge is 2.22. The van der Waals surface area contributed by atoms with Gasteiger partial charge in [-0.1, -0.05) is 0 Å². The summed E-state index contributed by atoms with van der Waals surface area (Å²) < 4.78 is 10.7. The zero-order valence-corrected chi connectivity index (χ0v) is 18.4. The first-order chi connectivity index (χ1) is 14.2. The zero-order chi connectivity index (χ0) is 21.7. The van der Waals surface area contributed by atoms with Gasteiger partial charge >= 0.3 is 5.97 Å². The van der Waals surface area contributed by atoms with E-state index < -0.39 is 11.7 Å². The van der Waals surface area contributed by atoms with Crippen LogP contribution in [0, 0.1) is 0 Å². The van der Waals surface area contributed by atoms with Gasteiger partial charge in [0.2, 0.25) is 0 Å². The first kappa shape index (κ1) is 22.5. The molecule has 0 radical (unpaired) electrons. The predicted molar refractivity (Wildman–Crippen MR) is 117 cm³/mol. The number of hydrogen-bond donors (Lipinski definition) is 1. The van der Waals surface area contributed by atoms with Crippen molar-refractivity contribution in [2.75, 3.05) is 46.4 Å². The van der Waals surface area contributed by atoms with Gasteiger partial charge in [0, 0.05) is 50.9 Å². The SMILES string of the molecule is COc1ccc2nccc([C@@H](O)CN3CCN(CCC(=O)OC(C)(C)C)CC3)c2c1. The number of carbonyl (C=O) groups excluding carboxylic acids is 1. The smallest absolute Gasteiger partial charge is 0.307 e. The summed E-state index contributed by atoms with van der Waals surface area (Å²) in [5.74, 6) is 0.600. The lowest BCUT2D eigenvalue weighted by molar-refractivity contribution is -0.155. The second kappa shape index (κ2) is 9.73. The number of pyridine rings is 1. The number of aliphatic hydroxyl groups is 1. The van der Waals surface area contributed by atoms with Crippen molar-refractivity contribution in [1.82, 2.24) is 14.8 Å². The van der Waals surface area contributed by atoms with Crippen LogP contribution in [-0.4, -0.2) is 77.8 Å². The Morgan fingerprint density at radius 1 is 1.17 bits per heavy atom. The van der Waals surface area contributed by atoms with Gasteiger partial charge in [-0.2, -0.15) is 0 Å². The summed E-state index contributed by atoms with van der Waals surface area (Å²) >= 11 is 0. The van der Waals surface area contributed by atoms with Crippen molar-refractivity contribution in [2.24, 2.45) is 0 Å². The fraction of sp³-hybridized carbons (Fsp3) is 0.565. The van der Waals surface area contributed by atoms with Crippen molar-refractivity contribution >= 4 is 16.9 Å². The van der Waals surface area contributed by atoms with Crippen LogP contribution in [0.3, 0.4) is 0 Å². The van der Waals surface area contributed by atoms with Gasteiger partial charge in [0.25, 0.3) is 0 Å². The van der Waals surface area contributed by atoms with Gasteiger partial charge in [0.1, 0.15) is 11.4 Å². The third kappa shape index (κ3) is 6.14. The van der Waals surface area contributed by atoms with Crippen LogP contribution in [0.4, 0.5) is 0 Å². The number of aliphatic hydroxyl groups excluding tert-OH is 1. The van der Waals surface area contributed by atoms with E-state index in [9.17, 15) is 9.90 Å². The maximum absolute atomic E-state index is 11.9. The number of esters is 1. The number of fused-ring (bicyclic) bond motifs is 1. The summed E-state index contributed by atoms with van der Waals surface area (Å²) in [4.78, 5) is 20.8. The van der Waals surface area contributed by atoms with Gasteiger partial charge in [0.15, 0.2) is 0 Å². The molecule has 0 bridgehead atoms. The number of aromatic nitrogens is 1. The Morgan fingerprint density at radius 2 is 1.87 bits per heavy atom. The highest BCUT2D eigenvalue weighted by molar-refractivity contribution is 5.83. The molecule has 1 aromatic heterocycles. The van der Waals surface area contributed by atoms with Crippen LogP contribution in [0.5, 0.6) is 5.75 Å². The van der Waals surface area contributed by atoms with E-state index in [1.807, 2.05) is 45.0 Å². The molecule has 7 heteroatoms. The molecule has 0 saturated carbocycles. The standard InChI is InChI=1S/C23H33N3O4/c1-23(2,3)30-22(28)8-10-25-11-13-26(14-12-25)16-21(27)18-7-9-24-20-6-5-17(29-4)15-19(18)20/h5-7,9,15,21,27H,8,10-14,16H2,1-4H3/t21-/m0/s1.